The predicted molar refractivity (Wildman–Crippen MR) is 93.5 cm³/mol. The molecule has 2 heterocycles. The number of nitrogens with zero attached hydrogens (tertiary/aromatic N) is 4. The number of carboxylic acid groups (broad SMARTS) is 1. The average molecular weight is 342 g/mol. The van der Waals surface area contributed by atoms with E-state index in [4.69, 9.17) is 5.11 Å². The van der Waals surface area contributed by atoms with Crippen LogP contribution in [-0.2, 0) is 0 Å². The van der Waals surface area contributed by atoms with Crippen LogP contribution < -0.4 is 4.90 Å². The molecule has 2 aromatic rings. The summed E-state index contributed by atoms with van der Waals surface area (Å²) in [6.07, 6.45) is 7.65. The lowest BCUT2D eigenvalue weighted by molar-refractivity contribution is 0.0410. The van der Waals surface area contributed by atoms with Crippen molar-refractivity contribution >= 4 is 11.9 Å². The fraction of sp³-hybridized carbons (Fsp3) is 0.444. The van der Waals surface area contributed by atoms with E-state index in [9.17, 15) is 9.90 Å². The minimum absolute atomic E-state index is 0.168. The molecular weight excluding hydrogens is 320 g/mol. The molecule has 3 rings (SSSR count). The normalized spacial score (nSPS) is 15.9. The summed E-state index contributed by atoms with van der Waals surface area (Å²) >= 11 is 0. The zero-order chi connectivity index (χ0) is 17.9. The molecule has 25 heavy (non-hydrogen) atoms. The van der Waals surface area contributed by atoms with E-state index in [1.807, 2.05) is 11.9 Å². The Morgan fingerprint density at radius 3 is 2.64 bits per heavy atom. The average Bonchev–Trinajstić information content (AvgIpc) is 3.07. The van der Waals surface area contributed by atoms with Gasteiger partial charge in [0, 0.05) is 26.0 Å². The van der Waals surface area contributed by atoms with E-state index < -0.39 is 11.6 Å². The first-order chi connectivity index (χ1) is 12.0. The molecule has 7 heteroatoms. The molecule has 7 nitrogen and oxygen atoms in total. The largest absolute Gasteiger partial charge is 0.478 e. The molecule has 2 aromatic heterocycles. The fourth-order valence-electron chi connectivity index (χ4n) is 3.14. The maximum Gasteiger partial charge on any atom is 0.335 e. The number of rotatable bonds is 6. The maximum absolute atomic E-state index is 11.1. The number of carboxylic acids is 1. The molecule has 2 N–H and O–H groups in total. The van der Waals surface area contributed by atoms with E-state index in [1.165, 1.54) is 18.3 Å². The summed E-state index contributed by atoms with van der Waals surface area (Å²) in [4.78, 5) is 26.0. The highest BCUT2D eigenvalue weighted by Crippen LogP contribution is 2.32. The molecule has 132 valence electrons. The second-order valence-electron chi connectivity index (χ2n) is 6.58. The van der Waals surface area contributed by atoms with Gasteiger partial charge in [-0.15, -0.1) is 0 Å². The maximum atomic E-state index is 11.1. The van der Waals surface area contributed by atoms with E-state index in [1.54, 1.807) is 12.3 Å². The van der Waals surface area contributed by atoms with Gasteiger partial charge in [0.15, 0.2) is 0 Å². The van der Waals surface area contributed by atoms with Crippen LogP contribution in [0.3, 0.4) is 0 Å². The highest BCUT2D eigenvalue weighted by atomic mass is 16.4. The van der Waals surface area contributed by atoms with Gasteiger partial charge in [0.1, 0.15) is 0 Å². The Hall–Kier alpha value is -2.54. The Kier molecular flexibility index (Phi) is 4.94. The molecule has 0 spiro atoms. The van der Waals surface area contributed by atoms with Gasteiger partial charge in [-0.3, -0.25) is 4.98 Å². The summed E-state index contributed by atoms with van der Waals surface area (Å²) in [5, 5.41) is 19.6. The Bertz CT molecular complexity index is 759. The number of hydrogen-bond acceptors (Lipinski definition) is 6. The topological polar surface area (TPSA) is 99.4 Å². The van der Waals surface area contributed by atoms with E-state index in [-0.39, 0.29) is 5.56 Å². The molecule has 0 saturated heterocycles. The van der Waals surface area contributed by atoms with Crippen LogP contribution in [0.2, 0.25) is 0 Å². The van der Waals surface area contributed by atoms with Crippen molar-refractivity contribution < 1.29 is 15.0 Å². The second kappa shape index (κ2) is 7.14. The van der Waals surface area contributed by atoms with E-state index in [0.717, 1.165) is 25.7 Å². The molecule has 1 fully saturated rings. The second-order valence-corrected chi connectivity index (χ2v) is 6.58. The Balaban J connectivity index is 1.74. The molecule has 0 atom stereocenters. The quantitative estimate of drug-likeness (QED) is 0.831. The fourth-order valence-corrected chi connectivity index (χ4v) is 3.14. The van der Waals surface area contributed by atoms with Gasteiger partial charge in [0.25, 0.3) is 0 Å². The van der Waals surface area contributed by atoms with E-state index >= 15 is 0 Å². The number of carbonyl (C=O) groups is 1. The monoisotopic (exact) mass is 342 g/mol. The third kappa shape index (κ3) is 4.11. The summed E-state index contributed by atoms with van der Waals surface area (Å²) in [5.74, 6) is -0.471. The molecule has 1 saturated carbocycles. The van der Waals surface area contributed by atoms with Gasteiger partial charge < -0.3 is 15.1 Å². The zero-order valence-electron chi connectivity index (χ0n) is 14.2. The van der Waals surface area contributed by atoms with Gasteiger partial charge >= 0.3 is 5.97 Å². The Labute approximate surface area is 146 Å². The van der Waals surface area contributed by atoms with E-state index in [2.05, 4.69) is 15.0 Å². The van der Waals surface area contributed by atoms with Crippen LogP contribution in [0.5, 0.6) is 0 Å². The Morgan fingerprint density at radius 2 is 1.92 bits per heavy atom. The van der Waals surface area contributed by atoms with Crippen molar-refractivity contribution in [2.24, 2.45) is 0 Å². The third-order valence-corrected chi connectivity index (χ3v) is 4.70. The summed E-state index contributed by atoms with van der Waals surface area (Å²) < 4.78 is 0. The van der Waals surface area contributed by atoms with Crippen molar-refractivity contribution in [1.29, 1.82) is 0 Å². The summed E-state index contributed by atoms with van der Waals surface area (Å²) in [5.41, 5.74) is 0.663. The SMILES string of the molecule is CN(CCC1(O)CCCC1)c1nccc(-c2cc(C(=O)O)ccn2)n1. The molecule has 0 amide bonds. The standard InChI is InChI=1S/C18H22N4O3/c1-22(11-8-18(25)6-2-3-7-18)17-20-10-5-14(21-17)15-12-13(16(23)24)4-9-19-15/h4-5,9-10,12,25H,2-3,6-8,11H2,1H3,(H,23,24). The summed E-state index contributed by atoms with van der Waals surface area (Å²) in [6, 6.07) is 4.65. The number of hydrogen-bond donors (Lipinski definition) is 2. The lowest BCUT2D eigenvalue weighted by atomic mass is 9.98. The highest BCUT2D eigenvalue weighted by molar-refractivity contribution is 5.88. The lowest BCUT2D eigenvalue weighted by Crippen LogP contribution is -2.31. The first-order valence-electron chi connectivity index (χ1n) is 8.43. The molecule has 0 aromatic carbocycles. The van der Waals surface area contributed by atoms with Gasteiger partial charge in [0.2, 0.25) is 5.95 Å². The number of aromatic carboxylic acids is 1. The van der Waals surface area contributed by atoms with Crippen molar-refractivity contribution in [3.05, 3.63) is 36.2 Å². The molecule has 1 aliphatic carbocycles. The third-order valence-electron chi connectivity index (χ3n) is 4.70. The van der Waals surface area contributed by atoms with Gasteiger partial charge in [0.05, 0.1) is 22.6 Å². The molecule has 1 aliphatic rings. The molecule has 0 unspecified atom stereocenters. The first kappa shape index (κ1) is 17.3. The van der Waals surface area contributed by atoms with E-state index in [0.29, 0.717) is 30.3 Å². The van der Waals surface area contributed by atoms with Crippen LogP contribution in [0, 0.1) is 0 Å². The summed E-state index contributed by atoms with van der Waals surface area (Å²) in [6.45, 7) is 0.655. The molecule has 0 bridgehead atoms. The molecule has 0 radical (unpaired) electrons. The predicted octanol–water partition coefficient (Wildman–Crippen LogP) is 2.37. The smallest absolute Gasteiger partial charge is 0.335 e. The number of aliphatic hydroxyl groups is 1. The molecular formula is C18H22N4O3. The number of pyridine rings is 1. The van der Waals surface area contributed by atoms with Gasteiger partial charge in [-0.25, -0.2) is 14.8 Å². The first-order valence-corrected chi connectivity index (χ1v) is 8.43. The van der Waals surface area contributed by atoms with Crippen LogP contribution >= 0.6 is 0 Å². The van der Waals surface area contributed by atoms with Gasteiger partial charge in [-0.1, -0.05) is 12.8 Å². The van der Waals surface area contributed by atoms with Crippen molar-refractivity contribution in [2.45, 2.75) is 37.7 Å². The highest BCUT2D eigenvalue weighted by Gasteiger charge is 2.31. The number of aromatic nitrogens is 3. The lowest BCUT2D eigenvalue weighted by Gasteiger charge is -2.25. The van der Waals surface area contributed by atoms with Crippen molar-refractivity contribution in [3.63, 3.8) is 0 Å². The van der Waals surface area contributed by atoms with Crippen LogP contribution in [0.25, 0.3) is 11.4 Å². The summed E-state index contributed by atoms with van der Waals surface area (Å²) in [7, 11) is 1.89. The minimum atomic E-state index is -1.00. The number of anilines is 1. The van der Waals surface area contributed by atoms with Crippen molar-refractivity contribution in [1.82, 2.24) is 15.0 Å². The van der Waals surface area contributed by atoms with Crippen LogP contribution in [0.15, 0.2) is 30.6 Å². The van der Waals surface area contributed by atoms with Gasteiger partial charge in [-0.05, 0) is 37.5 Å². The van der Waals surface area contributed by atoms with Crippen LogP contribution in [0.1, 0.15) is 42.5 Å². The molecule has 0 aliphatic heterocycles. The van der Waals surface area contributed by atoms with Crippen LogP contribution in [-0.4, -0.2) is 50.3 Å². The van der Waals surface area contributed by atoms with Crippen molar-refractivity contribution in [2.75, 3.05) is 18.5 Å². The zero-order valence-corrected chi connectivity index (χ0v) is 14.2. The van der Waals surface area contributed by atoms with Crippen molar-refractivity contribution in [3.8, 4) is 11.4 Å². The van der Waals surface area contributed by atoms with Crippen LogP contribution in [0.4, 0.5) is 5.95 Å². The van der Waals surface area contributed by atoms with Gasteiger partial charge in [-0.2, -0.15) is 0 Å². The Morgan fingerprint density at radius 1 is 1.20 bits per heavy atom. The minimum Gasteiger partial charge on any atom is -0.478 e.